The molecule has 0 radical (unpaired) electrons. The van der Waals surface area contributed by atoms with Gasteiger partial charge >= 0.3 is 0 Å². The second kappa shape index (κ2) is 4.23. The lowest BCUT2D eigenvalue weighted by molar-refractivity contribution is -0.127. The zero-order valence-electron chi connectivity index (χ0n) is 10.6. The van der Waals surface area contributed by atoms with Crippen molar-refractivity contribution in [2.75, 3.05) is 6.54 Å². The Morgan fingerprint density at radius 3 is 2.67 bits per heavy atom. The molecule has 2 aliphatic rings. The maximum absolute atomic E-state index is 11.9. The van der Waals surface area contributed by atoms with Crippen LogP contribution in [0.15, 0.2) is 24.3 Å². The number of nitrogens with zero attached hydrogens (tertiary/aromatic N) is 1. The minimum absolute atomic E-state index is 0.0894. The Labute approximate surface area is 107 Å². The van der Waals surface area contributed by atoms with E-state index in [9.17, 15) is 9.59 Å². The summed E-state index contributed by atoms with van der Waals surface area (Å²) in [5.74, 6) is 0.700. The number of rotatable bonds is 2. The van der Waals surface area contributed by atoms with Crippen molar-refractivity contribution in [3.8, 4) is 0 Å². The van der Waals surface area contributed by atoms with E-state index in [-0.39, 0.29) is 11.7 Å². The van der Waals surface area contributed by atoms with Gasteiger partial charge in [-0.25, -0.2) is 0 Å². The number of benzene rings is 1. The molecule has 3 rings (SSSR count). The fourth-order valence-corrected chi connectivity index (χ4v) is 3.27. The Hall–Kier alpha value is -1.64. The summed E-state index contributed by atoms with van der Waals surface area (Å²) in [4.78, 5) is 25.2. The van der Waals surface area contributed by atoms with Crippen molar-refractivity contribution >= 4 is 11.7 Å². The van der Waals surface area contributed by atoms with Gasteiger partial charge in [-0.15, -0.1) is 0 Å². The molecule has 0 aromatic heterocycles. The quantitative estimate of drug-likeness (QED) is 0.748. The molecule has 18 heavy (non-hydrogen) atoms. The van der Waals surface area contributed by atoms with Gasteiger partial charge < -0.3 is 4.90 Å². The first-order valence-corrected chi connectivity index (χ1v) is 6.57. The number of fused-ring (bicyclic) bond motifs is 1. The second-order valence-corrected chi connectivity index (χ2v) is 5.29. The molecule has 2 fully saturated rings. The molecule has 3 nitrogen and oxygen atoms in total. The van der Waals surface area contributed by atoms with Gasteiger partial charge in [-0.2, -0.15) is 0 Å². The normalized spacial score (nSPS) is 26.5. The van der Waals surface area contributed by atoms with Gasteiger partial charge in [0, 0.05) is 30.5 Å². The van der Waals surface area contributed by atoms with Crippen molar-refractivity contribution in [2.24, 2.45) is 0 Å². The number of hydrogen-bond donors (Lipinski definition) is 0. The number of Topliss-reactive ketones (excluding diaryl/α,β-unsaturated/α-hetero) is 1. The predicted molar refractivity (Wildman–Crippen MR) is 68.5 cm³/mol. The number of hydrogen-bond acceptors (Lipinski definition) is 2. The first kappa shape index (κ1) is 11.5. The van der Waals surface area contributed by atoms with Gasteiger partial charge in [0.15, 0.2) is 5.78 Å². The van der Waals surface area contributed by atoms with Crippen molar-refractivity contribution in [1.29, 1.82) is 0 Å². The Kier molecular flexibility index (Phi) is 2.69. The standard InChI is InChI=1S/C15H17NO2/c1-10(17)11-4-6-12(7-5-11)13-9-15(18)16-8-2-3-14(13)16/h4-7,13-14H,2-3,8-9H2,1H3/t13-,14+/m1/s1. The average Bonchev–Trinajstić information content (AvgIpc) is 2.94. The first-order chi connectivity index (χ1) is 8.66. The lowest BCUT2D eigenvalue weighted by atomic mass is 9.89. The number of amides is 1. The Balaban J connectivity index is 1.86. The van der Waals surface area contributed by atoms with Crippen molar-refractivity contribution in [2.45, 2.75) is 38.1 Å². The molecule has 3 heteroatoms. The van der Waals surface area contributed by atoms with E-state index in [0.29, 0.717) is 18.4 Å². The van der Waals surface area contributed by atoms with Crippen LogP contribution in [-0.4, -0.2) is 29.2 Å². The molecule has 2 atom stereocenters. The maximum Gasteiger partial charge on any atom is 0.223 e. The molecule has 0 spiro atoms. The molecule has 0 saturated carbocycles. The Bertz CT molecular complexity index is 492. The lowest BCUT2D eigenvalue weighted by Crippen LogP contribution is -2.28. The fraction of sp³-hybridized carbons (Fsp3) is 0.467. The Morgan fingerprint density at radius 1 is 1.28 bits per heavy atom. The highest BCUT2D eigenvalue weighted by atomic mass is 16.2. The minimum Gasteiger partial charge on any atom is -0.339 e. The van der Waals surface area contributed by atoms with Gasteiger partial charge in [-0.3, -0.25) is 9.59 Å². The number of carbonyl (C=O) groups is 2. The third-order valence-corrected chi connectivity index (χ3v) is 4.22. The molecule has 2 heterocycles. The van der Waals surface area contributed by atoms with E-state index in [4.69, 9.17) is 0 Å². The fourth-order valence-electron chi connectivity index (χ4n) is 3.27. The van der Waals surface area contributed by atoms with Crippen molar-refractivity contribution in [3.63, 3.8) is 0 Å². The van der Waals surface area contributed by atoms with Gasteiger partial charge in [-0.1, -0.05) is 24.3 Å². The molecule has 2 saturated heterocycles. The minimum atomic E-state index is 0.0894. The van der Waals surface area contributed by atoms with Crippen LogP contribution in [0.2, 0.25) is 0 Å². The predicted octanol–water partition coefficient (Wildman–Crippen LogP) is 2.37. The molecule has 94 valence electrons. The summed E-state index contributed by atoms with van der Waals surface area (Å²) in [6, 6.07) is 8.16. The van der Waals surface area contributed by atoms with E-state index < -0.39 is 0 Å². The summed E-state index contributed by atoms with van der Waals surface area (Å²) in [5, 5.41) is 0. The molecule has 0 bridgehead atoms. The summed E-state index contributed by atoms with van der Waals surface area (Å²) in [7, 11) is 0. The van der Waals surface area contributed by atoms with Crippen molar-refractivity contribution < 1.29 is 9.59 Å². The molecule has 0 unspecified atom stereocenters. The van der Waals surface area contributed by atoms with E-state index in [1.54, 1.807) is 6.92 Å². The molecule has 0 N–H and O–H groups in total. The molecular weight excluding hydrogens is 226 g/mol. The highest BCUT2D eigenvalue weighted by molar-refractivity contribution is 5.94. The smallest absolute Gasteiger partial charge is 0.223 e. The van der Waals surface area contributed by atoms with Gasteiger partial charge in [0.1, 0.15) is 0 Å². The van der Waals surface area contributed by atoms with Crippen LogP contribution >= 0.6 is 0 Å². The van der Waals surface area contributed by atoms with Gasteiger partial charge in [0.25, 0.3) is 0 Å². The van der Waals surface area contributed by atoms with Crippen molar-refractivity contribution in [1.82, 2.24) is 4.90 Å². The van der Waals surface area contributed by atoms with Crippen LogP contribution in [0.3, 0.4) is 0 Å². The largest absolute Gasteiger partial charge is 0.339 e. The highest BCUT2D eigenvalue weighted by Gasteiger charge is 2.42. The average molecular weight is 243 g/mol. The summed E-state index contributed by atoms with van der Waals surface area (Å²) in [6.45, 7) is 2.50. The van der Waals surface area contributed by atoms with Crippen LogP contribution < -0.4 is 0 Å². The summed E-state index contributed by atoms with van der Waals surface area (Å²) < 4.78 is 0. The van der Waals surface area contributed by atoms with E-state index >= 15 is 0 Å². The topological polar surface area (TPSA) is 37.4 Å². The number of ketones is 1. The third kappa shape index (κ3) is 1.74. The zero-order valence-corrected chi connectivity index (χ0v) is 10.6. The van der Waals surface area contributed by atoms with Crippen LogP contribution in [-0.2, 0) is 4.79 Å². The lowest BCUT2D eigenvalue weighted by Gasteiger charge is -2.20. The molecule has 0 aliphatic carbocycles. The van der Waals surface area contributed by atoms with E-state index in [1.807, 2.05) is 29.2 Å². The first-order valence-electron chi connectivity index (χ1n) is 6.57. The molecular formula is C15H17NO2. The summed E-state index contributed by atoms with van der Waals surface area (Å²) in [5.41, 5.74) is 1.94. The van der Waals surface area contributed by atoms with E-state index in [1.165, 1.54) is 5.56 Å². The zero-order chi connectivity index (χ0) is 12.7. The molecule has 1 aromatic rings. The van der Waals surface area contributed by atoms with Gasteiger partial charge in [0.2, 0.25) is 5.91 Å². The van der Waals surface area contributed by atoms with Crippen LogP contribution in [0.25, 0.3) is 0 Å². The molecule has 1 aromatic carbocycles. The Morgan fingerprint density at radius 2 is 2.00 bits per heavy atom. The van der Waals surface area contributed by atoms with Gasteiger partial charge in [-0.05, 0) is 25.3 Å². The van der Waals surface area contributed by atoms with Crippen LogP contribution in [0, 0.1) is 0 Å². The third-order valence-electron chi connectivity index (χ3n) is 4.22. The van der Waals surface area contributed by atoms with Crippen molar-refractivity contribution in [3.05, 3.63) is 35.4 Å². The van der Waals surface area contributed by atoms with Gasteiger partial charge in [0.05, 0.1) is 0 Å². The monoisotopic (exact) mass is 243 g/mol. The SMILES string of the molecule is CC(=O)c1ccc([C@H]2CC(=O)N3CCC[C@@H]23)cc1. The molecule has 1 amide bonds. The maximum atomic E-state index is 11.9. The number of carbonyl (C=O) groups excluding carboxylic acids is 2. The molecule has 2 aliphatic heterocycles. The highest BCUT2D eigenvalue weighted by Crippen LogP contribution is 2.40. The second-order valence-electron chi connectivity index (χ2n) is 5.29. The van der Waals surface area contributed by atoms with E-state index in [0.717, 1.165) is 24.9 Å². The summed E-state index contributed by atoms with van der Waals surface area (Å²) >= 11 is 0. The van der Waals surface area contributed by atoms with Crippen LogP contribution in [0.1, 0.15) is 48.0 Å². The van der Waals surface area contributed by atoms with Crippen LogP contribution in [0.5, 0.6) is 0 Å². The summed E-state index contributed by atoms with van der Waals surface area (Å²) in [6.07, 6.45) is 2.87. The van der Waals surface area contributed by atoms with E-state index in [2.05, 4.69) is 0 Å². The van der Waals surface area contributed by atoms with Crippen LogP contribution in [0.4, 0.5) is 0 Å².